The van der Waals surface area contributed by atoms with Gasteiger partial charge in [0, 0.05) is 22.5 Å². The Morgan fingerprint density at radius 1 is 1.07 bits per heavy atom. The molecular formula is C27H36FNO. The van der Waals surface area contributed by atoms with Crippen molar-refractivity contribution in [2.24, 2.45) is 5.41 Å². The van der Waals surface area contributed by atoms with Crippen molar-refractivity contribution in [2.45, 2.75) is 97.3 Å². The molecule has 2 nitrogen and oxygen atoms in total. The Kier molecular flexibility index (Phi) is 5.78. The number of benzene rings is 1. The molecule has 0 radical (unpaired) electrons. The number of alkyl halides is 1. The van der Waals surface area contributed by atoms with E-state index in [1.165, 1.54) is 12.8 Å². The summed E-state index contributed by atoms with van der Waals surface area (Å²) in [6.07, 6.45) is 4.32. The van der Waals surface area contributed by atoms with Gasteiger partial charge in [0.2, 0.25) is 0 Å². The molecule has 1 aromatic heterocycles. The first-order chi connectivity index (χ1) is 14.2. The van der Waals surface area contributed by atoms with Gasteiger partial charge in [0.1, 0.15) is 0 Å². The molecule has 3 heteroatoms. The summed E-state index contributed by atoms with van der Waals surface area (Å²) in [5.41, 5.74) is 6.51. The molecule has 0 unspecified atom stereocenters. The van der Waals surface area contributed by atoms with Crippen molar-refractivity contribution >= 4 is 0 Å². The topological polar surface area (TPSA) is 33.1 Å². The van der Waals surface area contributed by atoms with E-state index in [0.29, 0.717) is 17.9 Å². The number of aliphatic hydroxyl groups excluding tert-OH is 1. The fourth-order valence-electron chi connectivity index (χ4n) is 5.62. The lowest BCUT2D eigenvalue weighted by atomic mass is 9.70. The first-order valence-electron chi connectivity index (χ1n) is 11.6. The summed E-state index contributed by atoms with van der Waals surface area (Å²) in [7, 11) is 0. The molecule has 0 aliphatic heterocycles. The number of aromatic nitrogens is 1. The highest BCUT2D eigenvalue weighted by Gasteiger charge is 2.39. The Hall–Kier alpha value is -1.74. The quantitative estimate of drug-likeness (QED) is 0.577. The Morgan fingerprint density at radius 2 is 1.70 bits per heavy atom. The lowest BCUT2D eigenvalue weighted by Gasteiger charge is -2.38. The number of pyridine rings is 1. The molecule has 162 valence electrons. The summed E-state index contributed by atoms with van der Waals surface area (Å²) < 4.78 is 16.3. The number of fused-ring (bicyclic) bond motifs is 1. The molecule has 0 bridgehead atoms. The Balaban J connectivity index is 1.97. The van der Waals surface area contributed by atoms with Crippen molar-refractivity contribution < 1.29 is 9.50 Å². The van der Waals surface area contributed by atoms with Crippen LogP contribution in [0.3, 0.4) is 0 Å². The van der Waals surface area contributed by atoms with Crippen molar-refractivity contribution in [2.75, 3.05) is 0 Å². The number of hydrogen-bond donors (Lipinski definition) is 1. The average molecular weight is 410 g/mol. The highest BCUT2D eigenvalue weighted by atomic mass is 19.1. The van der Waals surface area contributed by atoms with Crippen molar-refractivity contribution in [3.63, 3.8) is 0 Å². The minimum atomic E-state index is -1.21. The van der Waals surface area contributed by atoms with Crippen LogP contribution in [0.5, 0.6) is 0 Å². The minimum absolute atomic E-state index is 0.00814. The highest BCUT2D eigenvalue weighted by molar-refractivity contribution is 5.50. The lowest BCUT2D eigenvalue weighted by Crippen LogP contribution is -2.30. The number of aliphatic hydroxyl groups is 1. The Labute approximate surface area is 180 Å². The van der Waals surface area contributed by atoms with Gasteiger partial charge in [-0.3, -0.25) is 4.98 Å². The first kappa shape index (κ1) is 21.5. The predicted molar refractivity (Wildman–Crippen MR) is 121 cm³/mol. The molecule has 1 saturated carbocycles. The maximum absolute atomic E-state index is 16.3. The van der Waals surface area contributed by atoms with Crippen molar-refractivity contribution in [3.8, 4) is 0 Å². The van der Waals surface area contributed by atoms with Crippen LogP contribution < -0.4 is 0 Å². The maximum atomic E-state index is 16.3. The second-order valence-corrected chi connectivity index (χ2v) is 10.7. The third kappa shape index (κ3) is 3.93. The van der Waals surface area contributed by atoms with E-state index in [1.807, 2.05) is 31.2 Å². The molecule has 4 rings (SSSR count). The molecule has 0 amide bonds. The van der Waals surface area contributed by atoms with Crippen LogP contribution in [0, 0.1) is 12.3 Å². The Morgan fingerprint density at radius 3 is 2.30 bits per heavy atom. The third-order valence-corrected chi connectivity index (χ3v) is 7.08. The summed E-state index contributed by atoms with van der Waals surface area (Å²) in [5.74, 6) is 0.463. The molecule has 0 spiro atoms. The van der Waals surface area contributed by atoms with E-state index in [2.05, 4.69) is 27.7 Å². The van der Waals surface area contributed by atoms with Crippen LogP contribution in [-0.2, 0) is 6.42 Å². The maximum Gasteiger partial charge on any atom is 0.152 e. The molecule has 2 atom stereocenters. The number of nitrogens with zero attached hydrogens (tertiary/aromatic N) is 1. The fraction of sp³-hybridized carbons (Fsp3) is 0.593. The van der Waals surface area contributed by atoms with E-state index in [-0.39, 0.29) is 11.3 Å². The fourth-order valence-corrected chi connectivity index (χ4v) is 5.62. The monoisotopic (exact) mass is 409 g/mol. The number of rotatable bonds is 4. The molecule has 2 aliphatic rings. The molecule has 2 aliphatic carbocycles. The zero-order valence-corrected chi connectivity index (χ0v) is 19.1. The molecule has 1 aromatic carbocycles. The van der Waals surface area contributed by atoms with E-state index >= 15 is 4.39 Å². The van der Waals surface area contributed by atoms with Crippen molar-refractivity contribution in [3.05, 3.63) is 63.5 Å². The van der Waals surface area contributed by atoms with Crippen molar-refractivity contribution in [1.82, 2.24) is 4.98 Å². The zero-order chi connectivity index (χ0) is 21.6. The van der Waals surface area contributed by atoms with Gasteiger partial charge in [-0.05, 0) is 61.0 Å². The minimum Gasteiger partial charge on any atom is -0.388 e. The zero-order valence-electron chi connectivity index (χ0n) is 19.1. The van der Waals surface area contributed by atoms with E-state index in [1.54, 1.807) is 0 Å². The predicted octanol–water partition coefficient (Wildman–Crippen LogP) is 7.24. The Bertz CT molecular complexity index is 909. The molecule has 1 heterocycles. The van der Waals surface area contributed by atoms with Crippen LogP contribution in [0.15, 0.2) is 24.3 Å². The molecule has 1 fully saturated rings. The van der Waals surface area contributed by atoms with Gasteiger partial charge < -0.3 is 5.11 Å². The van der Waals surface area contributed by atoms with Crippen LogP contribution in [0.2, 0.25) is 0 Å². The largest absolute Gasteiger partial charge is 0.388 e. The lowest BCUT2D eigenvalue weighted by molar-refractivity contribution is 0.0963. The van der Waals surface area contributed by atoms with E-state index < -0.39 is 12.3 Å². The van der Waals surface area contributed by atoms with Crippen LogP contribution in [0.4, 0.5) is 4.39 Å². The van der Waals surface area contributed by atoms with Crippen LogP contribution in [0.1, 0.15) is 123 Å². The number of hydrogen-bond acceptors (Lipinski definition) is 2. The van der Waals surface area contributed by atoms with Gasteiger partial charge in [0.05, 0.1) is 6.10 Å². The van der Waals surface area contributed by atoms with Gasteiger partial charge in [-0.15, -0.1) is 0 Å². The third-order valence-electron chi connectivity index (χ3n) is 7.08. The molecule has 2 aromatic rings. The van der Waals surface area contributed by atoms with Gasteiger partial charge >= 0.3 is 0 Å². The van der Waals surface area contributed by atoms with Crippen LogP contribution in [0.25, 0.3) is 0 Å². The number of halogens is 1. The van der Waals surface area contributed by atoms with Gasteiger partial charge in [0.25, 0.3) is 0 Å². The molecule has 0 saturated heterocycles. The molecule has 30 heavy (non-hydrogen) atoms. The normalized spacial score (nSPS) is 22.3. The number of aryl methyl sites for hydroxylation is 1. The van der Waals surface area contributed by atoms with E-state index in [4.69, 9.17) is 4.98 Å². The first-order valence-corrected chi connectivity index (χ1v) is 11.6. The summed E-state index contributed by atoms with van der Waals surface area (Å²) in [6.45, 7) is 10.7. The second-order valence-electron chi connectivity index (χ2n) is 10.7. The van der Waals surface area contributed by atoms with E-state index in [9.17, 15) is 5.11 Å². The van der Waals surface area contributed by atoms with E-state index in [0.717, 1.165) is 52.9 Å². The highest BCUT2D eigenvalue weighted by Crippen LogP contribution is 2.50. The summed E-state index contributed by atoms with van der Waals surface area (Å²) in [5, 5.41) is 11.2. The SMILES string of the molecule is Cc1ccc([C@H](F)c2c(C(C)C)nc3c(c2C2CCCC2)[C@@H](O)CC(C)(C)C3)cc1. The van der Waals surface area contributed by atoms with Crippen LogP contribution in [-0.4, -0.2) is 10.1 Å². The standard InChI is InChI=1S/C27H36FNO/c1-16(2)26-24(25(28)19-12-10-17(3)11-13-19)22(18-8-6-7-9-18)23-20(29-26)14-27(4,5)15-21(23)30/h10-13,16,18,21,25,30H,6-9,14-15H2,1-5H3/t21-,25-/m0/s1. The van der Waals surface area contributed by atoms with Gasteiger partial charge in [-0.2, -0.15) is 0 Å². The van der Waals surface area contributed by atoms with Gasteiger partial charge in [-0.25, -0.2) is 4.39 Å². The van der Waals surface area contributed by atoms with Gasteiger partial charge in [0.15, 0.2) is 6.17 Å². The summed E-state index contributed by atoms with van der Waals surface area (Å²) >= 11 is 0. The summed E-state index contributed by atoms with van der Waals surface area (Å²) in [4.78, 5) is 5.05. The molecule has 1 N–H and O–H groups in total. The van der Waals surface area contributed by atoms with Gasteiger partial charge in [-0.1, -0.05) is 70.4 Å². The molecular weight excluding hydrogens is 373 g/mol. The summed E-state index contributed by atoms with van der Waals surface area (Å²) in [6, 6.07) is 7.77. The average Bonchev–Trinajstić information content (AvgIpc) is 3.20. The van der Waals surface area contributed by atoms with Crippen molar-refractivity contribution in [1.29, 1.82) is 0 Å². The second kappa shape index (κ2) is 8.07. The van der Waals surface area contributed by atoms with Crippen LogP contribution >= 0.6 is 0 Å². The smallest absolute Gasteiger partial charge is 0.152 e.